The summed E-state index contributed by atoms with van der Waals surface area (Å²) >= 11 is 12.0. The molecule has 0 bridgehead atoms. The van der Waals surface area contributed by atoms with E-state index in [1.54, 1.807) is 6.07 Å². The number of hydrogen-bond acceptors (Lipinski definition) is 1. The first-order valence-electron chi connectivity index (χ1n) is 5.33. The standard InChI is InChI=1S/C12H17Cl2N/c1-2-3-11(15)6-4-9-8-10(13)5-7-12(9)14/h5,7-8,11H,2-4,6,15H2,1H3. The first-order valence-corrected chi connectivity index (χ1v) is 6.08. The van der Waals surface area contributed by atoms with Crippen LogP contribution < -0.4 is 5.73 Å². The molecule has 1 rings (SSSR count). The van der Waals surface area contributed by atoms with E-state index >= 15 is 0 Å². The van der Waals surface area contributed by atoms with Gasteiger partial charge in [-0.2, -0.15) is 0 Å². The number of halogens is 2. The molecule has 1 aromatic rings. The van der Waals surface area contributed by atoms with E-state index in [0.29, 0.717) is 0 Å². The summed E-state index contributed by atoms with van der Waals surface area (Å²) in [6.45, 7) is 2.15. The van der Waals surface area contributed by atoms with Crippen molar-refractivity contribution in [2.75, 3.05) is 0 Å². The SMILES string of the molecule is CCCC(N)CCc1cc(Cl)ccc1Cl. The van der Waals surface area contributed by atoms with Crippen molar-refractivity contribution in [1.82, 2.24) is 0 Å². The van der Waals surface area contributed by atoms with Gasteiger partial charge in [0.2, 0.25) is 0 Å². The summed E-state index contributed by atoms with van der Waals surface area (Å²) in [5, 5.41) is 1.52. The molecule has 1 atom stereocenters. The monoisotopic (exact) mass is 245 g/mol. The highest BCUT2D eigenvalue weighted by Crippen LogP contribution is 2.22. The zero-order chi connectivity index (χ0) is 11.3. The van der Waals surface area contributed by atoms with Crippen LogP contribution >= 0.6 is 23.2 Å². The lowest BCUT2D eigenvalue weighted by Crippen LogP contribution is -2.20. The van der Waals surface area contributed by atoms with Crippen molar-refractivity contribution in [3.05, 3.63) is 33.8 Å². The average molecular weight is 246 g/mol. The molecule has 0 amide bonds. The fraction of sp³-hybridized carbons (Fsp3) is 0.500. The third kappa shape index (κ3) is 4.42. The van der Waals surface area contributed by atoms with Crippen molar-refractivity contribution < 1.29 is 0 Å². The Morgan fingerprint density at radius 1 is 1.27 bits per heavy atom. The number of rotatable bonds is 5. The maximum atomic E-state index is 6.06. The predicted molar refractivity (Wildman–Crippen MR) is 67.7 cm³/mol. The largest absolute Gasteiger partial charge is 0.328 e. The molecule has 0 aliphatic heterocycles. The van der Waals surface area contributed by atoms with Crippen molar-refractivity contribution >= 4 is 23.2 Å². The van der Waals surface area contributed by atoms with Crippen LogP contribution in [-0.4, -0.2) is 6.04 Å². The number of nitrogens with two attached hydrogens (primary N) is 1. The van der Waals surface area contributed by atoms with Crippen molar-refractivity contribution in [3.8, 4) is 0 Å². The van der Waals surface area contributed by atoms with Crippen molar-refractivity contribution in [2.24, 2.45) is 5.73 Å². The molecule has 15 heavy (non-hydrogen) atoms. The van der Waals surface area contributed by atoms with Gasteiger partial charge >= 0.3 is 0 Å². The van der Waals surface area contributed by atoms with E-state index < -0.39 is 0 Å². The minimum Gasteiger partial charge on any atom is -0.328 e. The summed E-state index contributed by atoms with van der Waals surface area (Å²) in [6.07, 6.45) is 4.07. The van der Waals surface area contributed by atoms with Gasteiger partial charge in [0.1, 0.15) is 0 Å². The third-order valence-corrected chi connectivity index (χ3v) is 3.06. The van der Waals surface area contributed by atoms with Gasteiger partial charge in [0.25, 0.3) is 0 Å². The molecular formula is C12H17Cl2N. The lowest BCUT2D eigenvalue weighted by molar-refractivity contribution is 0.561. The molecule has 0 saturated heterocycles. The molecule has 0 heterocycles. The van der Waals surface area contributed by atoms with E-state index in [2.05, 4.69) is 6.92 Å². The third-order valence-electron chi connectivity index (χ3n) is 2.45. The fourth-order valence-electron chi connectivity index (χ4n) is 1.59. The Hall–Kier alpha value is -0.240. The zero-order valence-corrected chi connectivity index (χ0v) is 10.5. The highest BCUT2D eigenvalue weighted by molar-refractivity contribution is 6.33. The topological polar surface area (TPSA) is 26.0 Å². The summed E-state index contributed by atoms with van der Waals surface area (Å²) in [5.41, 5.74) is 7.04. The van der Waals surface area contributed by atoms with E-state index in [1.165, 1.54) is 0 Å². The summed E-state index contributed by atoms with van der Waals surface area (Å²) in [5.74, 6) is 0. The molecule has 1 unspecified atom stereocenters. The van der Waals surface area contributed by atoms with E-state index in [4.69, 9.17) is 28.9 Å². The maximum absolute atomic E-state index is 6.06. The normalized spacial score (nSPS) is 12.8. The van der Waals surface area contributed by atoms with Crippen LogP contribution in [0, 0.1) is 0 Å². The highest BCUT2D eigenvalue weighted by atomic mass is 35.5. The molecule has 0 aromatic heterocycles. The second kappa shape index (κ2) is 6.37. The molecule has 0 fully saturated rings. The first-order chi connectivity index (χ1) is 7.13. The van der Waals surface area contributed by atoms with Gasteiger partial charge in [-0.05, 0) is 43.0 Å². The Labute approximate surface area is 102 Å². The van der Waals surface area contributed by atoms with Crippen LogP contribution in [0.25, 0.3) is 0 Å². The highest BCUT2D eigenvalue weighted by Gasteiger charge is 2.05. The van der Waals surface area contributed by atoms with Crippen LogP contribution in [0.3, 0.4) is 0 Å². The summed E-state index contributed by atoms with van der Waals surface area (Å²) in [4.78, 5) is 0. The molecule has 0 aliphatic rings. The van der Waals surface area contributed by atoms with Crippen LogP contribution in [0.15, 0.2) is 18.2 Å². The van der Waals surface area contributed by atoms with Gasteiger partial charge in [0, 0.05) is 16.1 Å². The van der Waals surface area contributed by atoms with E-state index in [0.717, 1.165) is 41.3 Å². The Morgan fingerprint density at radius 2 is 2.00 bits per heavy atom. The molecule has 3 heteroatoms. The molecule has 0 aliphatic carbocycles. The van der Waals surface area contributed by atoms with Gasteiger partial charge in [0.15, 0.2) is 0 Å². The Balaban J connectivity index is 2.53. The van der Waals surface area contributed by atoms with Gasteiger partial charge in [0.05, 0.1) is 0 Å². The van der Waals surface area contributed by atoms with Gasteiger partial charge in [-0.25, -0.2) is 0 Å². The second-order valence-electron chi connectivity index (χ2n) is 3.82. The van der Waals surface area contributed by atoms with Crippen LogP contribution in [0.4, 0.5) is 0 Å². The predicted octanol–water partition coefficient (Wildman–Crippen LogP) is 4.05. The number of aryl methyl sites for hydroxylation is 1. The lowest BCUT2D eigenvalue weighted by atomic mass is 10.0. The molecule has 2 N–H and O–H groups in total. The average Bonchev–Trinajstić information content (AvgIpc) is 2.20. The fourth-order valence-corrected chi connectivity index (χ4v) is 2.00. The number of benzene rings is 1. The quantitative estimate of drug-likeness (QED) is 0.833. The van der Waals surface area contributed by atoms with Crippen molar-refractivity contribution in [2.45, 2.75) is 38.6 Å². The molecule has 1 nitrogen and oxygen atoms in total. The van der Waals surface area contributed by atoms with Crippen LogP contribution in [0.1, 0.15) is 31.7 Å². The van der Waals surface area contributed by atoms with Gasteiger partial charge < -0.3 is 5.73 Å². The molecule has 1 aromatic carbocycles. The summed E-state index contributed by atoms with van der Waals surface area (Å²) in [7, 11) is 0. The Kier molecular flexibility index (Phi) is 5.44. The smallest absolute Gasteiger partial charge is 0.0439 e. The molecule has 0 radical (unpaired) electrons. The second-order valence-corrected chi connectivity index (χ2v) is 4.67. The van der Waals surface area contributed by atoms with Crippen molar-refractivity contribution in [3.63, 3.8) is 0 Å². The first kappa shape index (κ1) is 12.8. The number of hydrogen-bond donors (Lipinski definition) is 1. The summed E-state index contributed by atoms with van der Waals surface area (Å²) in [6, 6.07) is 5.83. The molecular weight excluding hydrogens is 229 g/mol. The minimum atomic E-state index is 0.269. The maximum Gasteiger partial charge on any atom is 0.0439 e. The minimum absolute atomic E-state index is 0.269. The molecule has 0 spiro atoms. The van der Waals surface area contributed by atoms with Crippen LogP contribution in [0.5, 0.6) is 0 Å². The summed E-state index contributed by atoms with van der Waals surface area (Å²) < 4.78 is 0. The van der Waals surface area contributed by atoms with E-state index in [9.17, 15) is 0 Å². The van der Waals surface area contributed by atoms with Crippen LogP contribution in [0.2, 0.25) is 10.0 Å². The van der Waals surface area contributed by atoms with E-state index in [-0.39, 0.29) is 6.04 Å². The molecule has 0 saturated carbocycles. The lowest BCUT2D eigenvalue weighted by Gasteiger charge is -2.10. The van der Waals surface area contributed by atoms with Crippen molar-refractivity contribution in [1.29, 1.82) is 0 Å². The zero-order valence-electron chi connectivity index (χ0n) is 8.97. The van der Waals surface area contributed by atoms with Gasteiger partial charge in [-0.15, -0.1) is 0 Å². The van der Waals surface area contributed by atoms with Gasteiger partial charge in [-0.3, -0.25) is 0 Å². The van der Waals surface area contributed by atoms with E-state index in [1.807, 2.05) is 12.1 Å². The van der Waals surface area contributed by atoms with Gasteiger partial charge in [-0.1, -0.05) is 36.5 Å². The Bertz CT molecular complexity index is 312. The Morgan fingerprint density at radius 3 is 2.67 bits per heavy atom. The van der Waals surface area contributed by atoms with Crippen LogP contribution in [-0.2, 0) is 6.42 Å². The molecule has 84 valence electrons.